The van der Waals surface area contributed by atoms with E-state index in [1.165, 1.54) is 0 Å². The van der Waals surface area contributed by atoms with E-state index in [-0.39, 0.29) is 0 Å². The topological polar surface area (TPSA) is 78.8 Å². The molecule has 0 radical (unpaired) electrons. The smallest absolute Gasteiger partial charge is 0.183 e. The quantitative estimate of drug-likeness (QED) is 0.628. The molecule has 1 heterocycles. The van der Waals surface area contributed by atoms with Crippen molar-refractivity contribution in [1.82, 2.24) is 20.2 Å². The Hall–Kier alpha value is -1.66. The lowest BCUT2D eigenvalue weighted by Crippen LogP contribution is -2.10. The van der Waals surface area contributed by atoms with Crippen LogP contribution in [0.5, 0.6) is 0 Å². The highest BCUT2D eigenvalue weighted by atomic mass is 35.5. The fraction of sp³-hybridized carbons (Fsp3) is 0.500. The molecular formula is C14H20ClN5O. The van der Waals surface area contributed by atoms with Gasteiger partial charge in [-0.1, -0.05) is 25.4 Å². The first-order valence-corrected chi connectivity index (χ1v) is 7.35. The largest absolute Gasteiger partial charge is 0.399 e. The first kappa shape index (κ1) is 15.7. The van der Waals surface area contributed by atoms with Crippen molar-refractivity contribution in [1.29, 1.82) is 0 Å². The van der Waals surface area contributed by atoms with Crippen molar-refractivity contribution in [2.24, 2.45) is 5.92 Å². The van der Waals surface area contributed by atoms with Crippen molar-refractivity contribution in [3.63, 3.8) is 0 Å². The van der Waals surface area contributed by atoms with Crippen LogP contribution in [0.4, 0.5) is 5.69 Å². The molecule has 0 spiro atoms. The summed E-state index contributed by atoms with van der Waals surface area (Å²) in [6, 6.07) is 5.29. The van der Waals surface area contributed by atoms with Crippen molar-refractivity contribution in [2.75, 3.05) is 18.9 Å². The number of nitrogens with zero attached hydrogens (tertiary/aromatic N) is 4. The van der Waals surface area contributed by atoms with Gasteiger partial charge in [0.1, 0.15) is 0 Å². The molecule has 21 heavy (non-hydrogen) atoms. The number of nitrogens with two attached hydrogens (primary N) is 1. The number of halogens is 1. The van der Waals surface area contributed by atoms with Gasteiger partial charge < -0.3 is 10.5 Å². The molecule has 2 aromatic rings. The molecular weight excluding hydrogens is 290 g/mol. The van der Waals surface area contributed by atoms with Crippen molar-refractivity contribution >= 4 is 17.3 Å². The standard InChI is InChI=1S/C14H20ClN5O/c1-10(2)5-7-21-8-6-20-14(17-18-19-20)12-4-3-11(16)9-13(12)15/h3-4,9-10H,5-8,16H2,1-2H3. The van der Waals surface area contributed by atoms with Gasteiger partial charge >= 0.3 is 0 Å². The molecule has 0 aliphatic heterocycles. The number of ether oxygens (including phenoxy) is 1. The summed E-state index contributed by atoms with van der Waals surface area (Å²) < 4.78 is 7.28. The second kappa shape index (κ2) is 7.38. The summed E-state index contributed by atoms with van der Waals surface area (Å²) in [5, 5.41) is 12.2. The number of anilines is 1. The van der Waals surface area contributed by atoms with E-state index >= 15 is 0 Å². The van der Waals surface area contributed by atoms with E-state index in [1.54, 1.807) is 16.8 Å². The Labute approximate surface area is 129 Å². The maximum absolute atomic E-state index is 6.19. The zero-order chi connectivity index (χ0) is 15.2. The zero-order valence-electron chi connectivity index (χ0n) is 12.3. The lowest BCUT2D eigenvalue weighted by atomic mass is 10.1. The van der Waals surface area contributed by atoms with Gasteiger partial charge in [-0.25, -0.2) is 4.68 Å². The highest BCUT2D eigenvalue weighted by Crippen LogP contribution is 2.27. The number of aromatic nitrogens is 4. The molecule has 0 bridgehead atoms. The van der Waals surface area contributed by atoms with Crippen LogP contribution in [0.1, 0.15) is 20.3 Å². The van der Waals surface area contributed by atoms with Crippen LogP contribution in [0.15, 0.2) is 18.2 Å². The zero-order valence-corrected chi connectivity index (χ0v) is 13.0. The molecule has 0 unspecified atom stereocenters. The lowest BCUT2D eigenvalue weighted by Gasteiger charge is -2.08. The minimum atomic E-state index is 0.534. The molecule has 1 aromatic heterocycles. The number of tetrazole rings is 1. The first-order valence-electron chi connectivity index (χ1n) is 6.97. The normalized spacial score (nSPS) is 11.2. The average molecular weight is 310 g/mol. The van der Waals surface area contributed by atoms with E-state index in [4.69, 9.17) is 22.1 Å². The Bertz CT molecular complexity index is 584. The van der Waals surface area contributed by atoms with Gasteiger partial charge in [-0.2, -0.15) is 0 Å². The minimum absolute atomic E-state index is 0.534. The van der Waals surface area contributed by atoms with Crippen LogP contribution in [0, 0.1) is 5.92 Å². The van der Waals surface area contributed by atoms with Gasteiger partial charge in [0.05, 0.1) is 18.2 Å². The van der Waals surface area contributed by atoms with E-state index in [9.17, 15) is 0 Å². The summed E-state index contributed by atoms with van der Waals surface area (Å²) in [4.78, 5) is 0. The molecule has 114 valence electrons. The van der Waals surface area contributed by atoms with E-state index in [1.807, 2.05) is 6.07 Å². The fourth-order valence-electron chi connectivity index (χ4n) is 1.83. The molecule has 0 saturated carbocycles. The number of hydrogen-bond acceptors (Lipinski definition) is 5. The molecule has 0 atom stereocenters. The number of nitrogen functional groups attached to an aromatic ring is 1. The highest BCUT2D eigenvalue weighted by Gasteiger charge is 2.12. The molecule has 6 nitrogen and oxygen atoms in total. The molecule has 0 aliphatic carbocycles. The molecule has 7 heteroatoms. The van der Waals surface area contributed by atoms with Crippen LogP contribution in [-0.2, 0) is 11.3 Å². The van der Waals surface area contributed by atoms with Crippen molar-refractivity contribution in [2.45, 2.75) is 26.8 Å². The van der Waals surface area contributed by atoms with E-state index in [0.29, 0.717) is 35.6 Å². The Kier molecular flexibility index (Phi) is 5.52. The average Bonchev–Trinajstić information content (AvgIpc) is 2.86. The van der Waals surface area contributed by atoms with Gasteiger partial charge in [0.15, 0.2) is 5.82 Å². The van der Waals surface area contributed by atoms with Crippen LogP contribution < -0.4 is 5.73 Å². The summed E-state index contributed by atoms with van der Waals surface area (Å²) in [6.07, 6.45) is 1.05. The summed E-state index contributed by atoms with van der Waals surface area (Å²) in [6.45, 7) is 6.24. The van der Waals surface area contributed by atoms with Crippen molar-refractivity contribution in [3.05, 3.63) is 23.2 Å². The molecule has 2 N–H and O–H groups in total. The Morgan fingerprint density at radius 3 is 2.86 bits per heavy atom. The van der Waals surface area contributed by atoms with Crippen molar-refractivity contribution < 1.29 is 4.74 Å². The summed E-state index contributed by atoms with van der Waals surface area (Å²) in [5.41, 5.74) is 7.07. The maximum atomic E-state index is 6.19. The van der Waals surface area contributed by atoms with Crippen LogP contribution in [-0.4, -0.2) is 33.4 Å². The molecule has 0 fully saturated rings. The Morgan fingerprint density at radius 1 is 1.33 bits per heavy atom. The predicted molar refractivity (Wildman–Crippen MR) is 82.9 cm³/mol. The minimum Gasteiger partial charge on any atom is -0.399 e. The third kappa shape index (κ3) is 4.41. The SMILES string of the molecule is CC(C)CCOCCn1nnnc1-c1ccc(N)cc1Cl. The third-order valence-corrected chi connectivity index (χ3v) is 3.37. The molecule has 0 amide bonds. The molecule has 1 aromatic carbocycles. The summed E-state index contributed by atoms with van der Waals surface area (Å²) >= 11 is 6.19. The number of hydrogen-bond donors (Lipinski definition) is 1. The first-order chi connectivity index (χ1) is 10.1. The van der Waals surface area contributed by atoms with Gasteiger partial charge in [0.2, 0.25) is 0 Å². The number of benzene rings is 1. The van der Waals surface area contributed by atoms with Gasteiger partial charge in [0, 0.05) is 17.9 Å². The van der Waals surface area contributed by atoms with E-state index in [0.717, 1.165) is 18.6 Å². The Balaban J connectivity index is 1.98. The highest BCUT2D eigenvalue weighted by molar-refractivity contribution is 6.33. The predicted octanol–water partition coefficient (Wildman–Crippen LogP) is 2.64. The number of rotatable bonds is 7. The molecule has 0 saturated heterocycles. The molecule has 0 aliphatic rings. The van der Waals surface area contributed by atoms with E-state index < -0.39 is 0 Å². The van der Waals surface area contributed by atoms with Gasteiger partial charge in [-0.15, -0.1) is 5.10 Å². The third-order valence-electron chi connectivity index (χ3n) is 3.05. The Morgan fingerprint density at radius 2 is 2.14 bits per heavy atom. The van der Waals surface area contributed by atoms with Gasteiger partial charge in [-0.3, -0.25) is 0 Å². The van der Waals surface area contributed by atoms with Crippen LogP contribution in [0.25, 0.3) is 11.4 Å². The van der Waals surface area contributed by atoms with Crippen LogP contribution in [0.2, 0.25) is 5.02 Å². The summed E-state index contributed by atoms with van der Waals surface area (Å²) in [7, 11) is 0. The van der Waals surface area contributed by atoms with Crippen molar-refractivity contribution in [3.8, 4) is 11.4 Å². The molecule has 2 rings (SSSR count). The van der Waals surface area contributed by atoms with Crippen LogP contribution >= 0.6 is 11.6 Å². The monoisotopic (exact) mass is 309 g/mol. The second-order valence-electron chi connectivity index (χ2n) is 5.26. The summed E-state index contributed by atoms with van der Waals surface area (Å²) in [5.74, 6) is 1.26. The van der Waals surface area contributed by atoms with Gasteiger partial charge in [-0.05, 0) is 41.0 Å². The van der Waals surface area contributed by atoms with Crippen LogP contribution in [0.3, 0.4) is 0 Å². The second-order valence-corrected chi connectivity index (χ2v) is 5.67. The fourth-order valence-corrected chi connectivity index (χ4v) is 2.11. The van der Waals surface area contributed by atoms with Gasteiger partial charge in [0.25, 0.3) is 0 Å². The maximum Gasteiger partial charge on any atom is 0.183 e. The van der Waals surface area contributed by atoms with E-state index in [2.05, 4.69) is 29.4 Å². The lowest BCUT2D eigenvalue weighted by molar-refractivity contribution is 0.114.